The van der Waals surface area contributed by atoms with Crippen LogP contribution in [0.3, 0.4) is 0 Å². The fourth-order valence-electron chi connectivity index (χ4n) is 4.70. The van der Waals surface area contributed by atoms with E-state index in [4.69, 9.17) is 10.2 Å². The van der Waals surface area contributed by atoms with Crippen molar-refractivity contribution in [2.75, 3.05) is 5.73 Å². The number of halogens is 1. The lowest BCUT2D eigenvalue weighted by Gasteiger charge is -2.33. The number of hydrogen-bond acceptors (Lipinski definition) is 7. The number of fused-ring (bicyclic) bond motifs is 2. The number of nitrogen functional groups attached to an aromatic ring is 1. The van der Waals surface area contributed by atoms with Gasteiger partial charge in [0, 0.05) is 40.5 Å². The van der Waals surface area contributed by atoms with Gasteiger partial charge in [-0.3, -0.25) is 4.68 Å². The van der Waals surface area contributed by atoms with Crippen LogP contribution in [-0.4, -0.2) is 29.8 Å². The normalized spacial score (nSPS) is 21.2. The van der Waals surface area contributed by atoms with E-state index in [1.165, 1.54) is 17.6 Å². The molecule has 4 aromatic heterocycles. The van der Waals surface area contributed by atoms with Crippen molar-refractivity contribution in [1.82, 2.24) is 19.1 Å². The zero-order valence-corrected chi connectivity index (χ0v) is 18.8. The number of nitrogens with zero attached hydrogens (tertiary/aromatic N) is 4. The average molecular weight is 464 g/mol. The maximum atomic E-state index is 14.8. The van der Waals surface area contributed by atoms with Gasteiger partial charge in [-0.15, -0.1) is 0 Å². The molecule has 33 heavy (non-hydrogen) atoms. The first kappa shape index (κ1) is 20.3. The Morgan fingerprint density at radius 1 is 1.24 bits per heavy atom. The van der Waals surface area contributed by atoms with Crippen molar-refractivity contribution >= 4 is 38.4 Å². The molecule has 5 aromatic rings. The zero-order chi connectivity index (χ0) is 22.7. The standard InChI is InChI=1S/C24H22FN5O2S/c1-24(31)6-4-15(5-7-24)30-12-14(9-28-30)17-11-27-23(26)21-16(17)8-19(32-21)20-18(25)3-2-13-10-29-33-22(13)20/h2-3,8-12,15,31H,4-7H2,1H3,(H2,26,27). The number of furan rings is 1. The summed E-state index contributed by atoms with van der Waals surface area (Å²) < 4.78 is 27.8. The lowest BCUT2D eigenvalue weighted by atomic mass is 9.84. The molecule has 0 unspecified atom stereocenters. The van der Waals surface area contributed by atoms with Crippen molar-refractivity contribution in [1.29, 1.82) is 0 Å². The van der Waals surface area contributed by atoms with Gasteiger partial charge in [0.25, 0.3) is 0 Å². The molecule has 0 aliphatic heterocycles. The van der Waals surface area contributed by atoms with E-state index in [0.29, 0.717) is 16.9 Å². The minimum atomic E-state index is -0.594. The number of pyridine rings is 1. The van der Waals surface area contributed by atoms with Crippen molar-refractivity contribution in [3.05, 3.63) is 48.8 Å². The smallest absolute Gasteiger partial charge is 0.177 e. The third-order valence-electron chi connectivity index (χ3n) is 6.63. The Hall–Kier alpha value is -3.30. The Kier molecular flexibility index (Phi) is 4.53. The maximum Gasteiger partial charge on any atom is 0.177 e. The molecule has 1 aliphatic rings. The van der Waals surface area contributed by atoms with Crippen LogP contribution in [-0.2, 0) is 0 Å². The first-order valence-electron chi connectivity index (χ1n) is 10.9. The number of anilines is 1. The Morgan fingerprint density at radius 3 is 2.88 bits per heavy atom. The first-order valence-corrected chi connectivity index (χ1v) is 11.7. The van der Waals surface area contributed by atoms with Gasteiger partial charge in [-0.2, -0.15) is 9.47 Å². The van der Waals surface area contributed by atoms with Crippen LogP contribution in [0.5, 0.6) is 0 Å². The highest BCUT2D eigenvalue weighted by Crippen LogP contribution is 2.41. The molecular formula is C24H22FN5O2S. The van der Waals surface area contributed by atoms with Crippen LogP contribution in [0.15, 0.2) is 47.4 Å². The summed E-state index contributed by atoms with van der Waals surface area (Å²) in [6, 6.07) is 5.19. The van der Waals surface area contributed by atoms with E-state index in [1.54, 1.807) is 24.7 Å². The molecule has 0 bridgehead atoms. The molecule has 0 saturated heterocycles. The summed E-state index contributed by atoms with van der Waals surface area (Å²) in [6.45, 7) is 1.89. The van der Waals surface area contributed by atoms with Crippen molar-refractivity contribution in [2.24, 2.45) is 0 Å². The van der Waals surface area contributed by atoms with Crippen molar-refractivity contribution in [3.63, 3.8) is 0 Å². The molecule has 7 nitrogen and oxygen atoms in total. The number of benzene rings is 1. The lowest BCUT2D eigenvalue weighted by Crippen LogP contribution is -2.31. The second kappa shape index (κ2) is 7.36. The summed E-state index contributed by atoms with van der Waals surface area (Å²) in [7, 11) is 0. The topological polar surface area (TPSA) is 103 Å². The van der Waals surface area contributed by atoms with Crippen molar-refractivity contribution in [2.45, 2.75) is 44.2 Å². The number of aromatic nitrogens is 4. The van der Waals surface area contributed by atoms with Crippen molar-refractivity contribution in [3.8, 4) is 22.5 Å². The quantitative estimate of drug-likeness (QED) is 0.363. The van der Waals surface area contributed by atoms with E-state index in [1.807, 2.05) is 23.9 Å². The van der Waals surface area contributed by atoms with E-state index >= 15 is 0 Å². The number of nitrogens with two attached hydrogens (primary N) is 1. The van der Waals surface area contributed by atoms with Gasteiger partial charge in [0.2, 0.25) is 0 Å². The Balaban J connectivity index is 1.43. The van der Waals surface area contributed by atoms with Gasteiger partial charge in [0.15, 0.2) is 11.4 Å². The van der Waals surface area contributed by atoms with Crippen LogP contribution in [0.4, 0.5) is 10.2 Å². The van der Waals surface area contributed by atoms with Gasteiger partial charge < -0.3 is 15.3 Å². The van der Waals surface area contributed by atoms with Gasteiger partial charge >= 0.3 is 0 Å². The van der Waals surface area contributed by atoms with Crippen LogP contribution >= 0.6 is 11.5 Å². The minimum Gasteiger partial charge on any atom is -0.452 e. The first-order chi connectivity index (χ1) is 15.9. The van der Waals surface area contributed by atoms with Crippen LogP contribution in [0.25, 0.3) is 43.5 Å². The van der Waals surface area contributed by atoms with Crippen LogP contribution in [0, 0.1) is 5.82 Å². The summed E-state index contributed by atoms with van der Waals surface area (Å²) in [4.78, 5) is 4.32. The number of aliphatic hydroxyl groups is 1. The van der Waals surface area contributed by atoms with E-state index < -0.39 is 5.60 Å². The predicted octanol–water partition coefficient (Wildman–Crippen LogP) is 5.56. The highest BCUT2D eigenvalue weighted by atomic mass is 32.1. The molecule has 1 aliphatic carbocycles. The van der Waals surface area contributed by atoms with Gasteiger partial charge in [0.05, 0.1) is 28.1 Å². The molecule has 1 saturated carbocycles. The SMILES string of the molecule is CC1(O)CCC(n2cc(-c3cnc(N)c4oc(-c5c(F)ccc6cnsc56)cc34)cn2)CC1. The van der Waals surface area contributed by atoms with Gasteiger partial charge in [-0.25, -0.2) is 9.37 Å². The second-order valence-electron chi connectivity index (χ2n) is 9.01. The van der Waals surface area contributed by atoms with E-state index in [2.05, 4.69) is 14.5 Å². The monoisotopic (exact) mass is 463 g/mol. The summed E-state index contributed by atoms with van der Waals surface area (Å²) in [5.41, 5.74) is 8.03. The third-order valence-corrected chi connectivity index (χ3v) is 7.46. The van der Waals surface area contributed by atoms with Gasteiger partial charge in [-0.05, 0) is 62.3 Å². The van der Waals surface area contributed by atoms with E-state index in [9.17, 15) is 9.50 Å². The van der Waals surface area contributed by atoms with Gasteiger partial charge in [-0.1, -0.05) is 0 Å². The fraction of sp³-hybridized carbons (Fsp3) is 0.292. The molecule has 3 N–H and O–H groups in total. The fourth-order valence-corrected chi connectivity index (χ4v) is 5.49. The van der Waals surface area contributed by atoms with Crippen molar-refractivity contribution < 1.29 is 13.9 Å². The molecular weight excluding hydrogens is 441 g/mol. The van der Waals surface area contributed by atoms with E-state index in [-0.39, 0.29) is 17.7 Å². The second-order valence-corrected chi connectivity index (χ2v) is 9.82. The zero-order valence-electron chi connectivity index (χ0n) is 18.0. The maximum absolute atomic E-state index is 14.8. The summed E-state index contributed by atoms with van der Waals surface area (Å²) in [5.74, 6) is 0.263. The number of hydrogen-bond donors (Lipinski definition) is 2. The largest absolute Gasteiger partial charge is 0.452 e. The molecule has 1 aromatic carbocycles. The van der Waals surface area contributed by atoms with E-state index in [0.717, 1.165) is 52.3 Å². The Labute approximate surface area is 192 Å². The minimum absolute atomic E-state index is 0.245. The van der Waals surface area contributed by atoms with Crippen LogP contribution in [0.1, 0.15) is 38.6 Å². The third kappa shape index (κ3) is 3.39. The molecule has 1 fully saturated rings. The summed E-state index contributed by atoms with van der Waals surface area (Å²) in [6.07, 6.45) is 10.5. The molecule has 0 radical (unpaired) electrons. The average Bonchev–Trinajstić information content (AvgIpc) is 3.53. The molecule has 6 rings (SSSR count). The molecule has 0 atom stereocenters. The Bertz CT molecular complexity index is 1490. The predicted molar refractivity (Wildman–Crippen MR) is 126 cm³/mol. The lowest BCUT2D eigenvalue weighted by molar-refractivity contribution is 0.00852. The van der Waals surface area contributed by atoms with Gasteiger partial charge in [0.1, 0.15) is 11.6 Å². The highest BCUT2D eigenvalue weighted by molar-refractivity contribution is 7.13. The summed E-state index contributed by atoms with van der Waals surface area (Å²) in [5, 5.41) is 16.4. The molecule has 0 spiro atoms. The number of rotatable bonds is 3. The summed E-state index contributed by atoms with van der Waals surface area (Å²) >= 11 is 1.23. The Morgan fingerprint density at radius 2 is 2.06 bits per heavy atom. The molecule has 168 valence electrons. The molecule has 9 heteroatoms. The van der Waals surface area contributed by atoms with Crippen LogP contribution < -0.4 is 5.73 Å². The van der Waals surface area contributed by atoms with Crippen LogP contribution in [0.2, 0.25) is 0 Å². The molecule has 4 heterocycles. The highest BCUT2D eigenvalue weighted by Gasteiger charge is 2.30. The molecule has 0 amide bonds.